The first-order chi connectivity index (χ1) is 13.6. The highest BCUT2D eigenvalue weighted by atomic mass is 32.2. The van der Waals surface area contributed by atoms with E-state index in [4.69, 9.17) is 0 Å². The van der Waals surface area contributed by atoms with E-state index in [2.05, 4.69) is 39.4 Å². The number of nitro groups is 1. The minimum Gasteiger partial charge on any atom is -0.361 e. The summed E-state index contributed by atoms with van der Waals surface area (Å²) in [5, 5.41) is 16.0. The van der Waals surface area contributed by atoms with E-state index in [1.54, 1.807) is 23.9 Å². The predicted octanol–water partition coefficient (Wildman–Crippen LogP) is 4.53. The second kappa shape index (κ2) is 8.15. The molecule has 0 saturated carbocycles. The zero-order chi connectivity index (χ0) is 19.5. The maximum Gasteiger partial charge on any atom is 0.270 e. The Morgan fingerprint density at radius 2 is 2.11 bits per heavy atom. The van der Waals surface area contributed by atoms with Crippen molar-refractivity contribution >= 4 is 55.0 Å². The number of nitro benzene ring substituents is 1. The third-order valence-electron chi connectivity index (χ3n) is 4.42. The van der Waals surface area contributed by atoms with Crippen molar-refractivity contribution in [2.75, 3.05) is 31.2 Å². The normalized spacial score (nSPS) is 15.5. The van der Waals surface area contributed by atoms with Crippen molar-refractivity contribution in [2.45, 2.75) is 6.42 Å². The van der Waals surface area contributed by atoms with Crippen molar-refractivity contribution in [1.82, 2.24) is 9.88 Å². The van der Waals surface area contributed by atoms with Crippen LogP contribution < -0.4 is 5.32 Å². The van der Waals surface area contributed by atoms with Crippen molar-refractivity contribution in [3.8, 4) is 0 Å². The van der Waals surface area contributed by atoms with Crippen LogP contribution in [0.5, 0.6) is 0 Å². The third kappa shape index (κ3) is 4.26. The van der Waals surface area contributed by atoms with Crippen LogP contribution in [0.1, 0.15) is 5.56 Å². The molecule has 2 heterocycles. The molecule has 1 saturated heterocycles. The highest BCUT2D eigenvalue weighted by Gasteiger charge is 2.14. The zero-order valence-electron chi connectivity index (χ0n) is 15.3. The molecule has 0 amide bonds. The van der Waals surface area contributed by atoms with E-state index >= 15 is 0 Å². The number of amidine groups is 1. The molecule has 1 aliphatic rings. The van der Waals surface area contributed by atoms with Crippen LogP contribution in [0.25, 0.3) is 10.2 Å². The topological polar surface area (TPSA) is 83.7 Å². The first kappa shape index (κ1) is 18.7. The molecule has 3 aromatic rings. The number of benzene rings is 2. The van der Waals surface area contributed by atoms with Gasteiger partial charge >= 0.3 is 0 Å². The van der Waals surface area contributed by atoms with Crippen molar-refractivity contribution in [1.29, 1.82) is 0 Å². The van der Waals surface area contributed by atoms with Crippen molar-refractivity contribution in [3.63, 3.8) is 0 Å². The van der Waals surface area contributed by atoms with Crippen LogP contribution >= 0.6 is 23.1 Å². The minimum atomic E-state index is -0.385. The first-order valence-electron chi connectivity index (χ1n) is 8.89. The molecule has 1 aliphatic heterocycles. The predicted molar refractivity (Wildman–Crippen MR) is 117 cm³/mol. The van der Waals surface area contributed by atoms with Crippen LogP contribution in [0.4, 0.5) is 16.5 Å². The second-order valence-corrected chi connectivity index (χ2v) is 8.53. The van der Waals surface area contributed by atoms with E-state index in [9.17, 15) is 10.1 Å². The van der Waals surface area contributed by atoms with Crippen LogP contribution in [0.3, 0.4) is 0 Å². The average molecular weight is 414 g/mol. The van der Waals surface area contributed by atoms with Crippen LogP contribution in [0, 0.1) is 10.1 Å². The van der Waals surface area contributed by atoms with Gasteiger partial charge in [0.1, 0.15) is 0 Å². The molecule has 4 rings (SSSR count). The standard InChI is InChI=1S/C19H19N5O2S2/c1-23-10-11-27-19(23)21-14-4-2-13(3-5-14)8-9-20-18-22-16-7-6-15(24(25)26)12-17(16)28-18/h2-7,12H,8-11H2,1H3,(H,20,22)/b21-19-. The van der Waals surface area contributed by atoms with Gasteiger partial charge in [0.25, 0.3) is 5.69 Å². The van der Waals surface area contributed by atoms with Crippen LogP contribution in [-0.2, 0) is 6.42 Å². The lowest BCUT2D eigenvalue weighted by atomic mass is 10.1. The highest BCUT2D eigenvalue weighted by molar-refractivity contribution is 8.14. The van der Waals surface area contributed by atoms with E-state index in [0.29, 0.717) is 0 Å². The van der Waals surface area contributed by atoms with Gasteiger partial charge in [-0.25, -0.2) is 9.98 Å². The number of rotatable bonds is 6. The molecule has 7 nitrogen and oxygen atoms in total. The van der Waals surface area contributed by atoms with E-state index in [1.165, 1.54) is 23.0 Å². The number of non-ortho nitro benzene ring substituents is 1. The number of nitrogens with zero attached hydrogens (tertiary/aromatic N) is 4. The number of fused-ring (bicyclic) bond motifs is 1. The molecular weight excluding hydrogens is 394 g/mol. The first-order valence-corrected chi connectivity index (χ1v) is 10.7. The monoisotopic (exact) mass is 413 g/mol. The van der Waals surface area contributed by atoms with Crippen molar-refractivity contribution in [3.05, 3.63) is 58.1 Å². The van der Waals surface area contributed by atoms with E-state index in [-0.39, 0.29) is 10.6 Å². The third-order valence-corrected chi connectivity index (χ3v) is 6.44. The number of hydrogen-bond acceptors (Lipinski definition) is 7. The summed E-state index contributed by atoms with van der Waals surface area (Å²) in [5.74, 6) is 1.10. The van der Waals surface area contributed by atoms with Gasteiger partial charge in [0.15, 0.2) is 10.3 Å². The second-order valence-electron chi connectivity index (χ2n) is 6.44. The number of thiazole rings is 1. The van der Waals surface area contributed by atoms with E-state index < -0.39 is 0 Å². The van der Waals surface area contributed by atoms with Gasteiger partial charge in [-0.05, 0) is 30.2 Å². The Bertz CT molecular complexity index is 1030. The Morgan fingerprint density at radius 1 is 1.29 bits per heavy atom. The molecule has 1 N–H and O–H groups in total. The van der Waals surface area contributed by atoms with Crippen LogP contribution in [0.15, 0.2) is 47.5 Å². The Hall–Kier alpha value is -2.65. The molecular formula is C19H19N5O2S2. The Balaban J connectivity index is 1.35. The molecule has 0 radical (unpaired) electrons. The molecule has 0 atom stereocenters. The summed E-state index contributed by atoms with van der Waals surface area (Å²) in [6.07, 6.45) is 0.863. The molecule has 1 fully saturated rings. The molecule has 28 heavy (non-hydrogen) atoms. The molecule has 0 aliphatic carbocycles. The molecule has 0 bridgehead atoms. The van der Waals surface area contributed by atoms with Crippen molar-refractivity contribution in [2.24, 2.45) is 4.99 Å². The van der Waals surface area contributed by atoms with Gasteiger partial charge in [-0.2, -0.15) is 0 Å². The Morgan fingerprint density at radius 3 is 2.82 bits per heavy atom. The van der Waals surface area contributed by atoms with E-state index in [0.717, 1.165) is 51.5 Å². The van der Waals surface area contributed by atoms with Gasteiger partial charge in [-0.15, -0.1) is 0 Å². The molecule has 0 spiro atoms. The fraction of sp³-hybridized carbons (Fsp3) is 0.263. The quantitative estimate of drug-likeness (QED) is 0.472. The Labute approximate surface area is 170 Å². The average Bonchev–Trinajstić information content (AvgIpc) is 3.28. The summed E-state index contributed by atoms with van der Waals surface area (Å²) in [4.78, 5) is 21.8. The molecule has 9 heteroatoms. The van der Waals surface area contributed by atoms with Gasteiger partial charge in [-0.1, -0.05) is 35.2 Å². The van der Waals surface area contributed by atoms with Gasteiger partial charge < -0.3 is 10.2 Å². The number of aromatic nitrogens is 1. The lowest BCUT2D eigenvalue weighted by Crippen LogP contribution is -2.17. The maximum atomic E-state index is 10.9. The molecule has 1 aromatic heterocycles. The van der Waals surface area contributed by atoms with Gasteiger partial charge in [0, 0.05) is 38.0 Å². The van der Waals surface area contributed by atoms with Gasteiger partial charge in [-0.3, -0.25) is 10.1 Å². The van der Waals surface area contributed by atoms with Crippen LogP contribution in [0.2, 0.25) is 0 Å². The van der Waals surface area contributed by atoms with Gasteiger partial charge in [0.05, 0.1) is 20.8 Å². The largest absolute Gasteiger partial charge is 0.361 e. The maximum absolute atomic E-state index is 10.9. The highest BCUT2D eigenvalue weighted by Crippen LogP contribution is 2.29. The summed E-state index contributed by atoms with van der Waals surface area (Å²) < 4.78 is 0.815. The summed E-state index contributed by atoms with van der Waals surface area (Å²) in [5.41, 5.74) is 3.06. The Kier molecular flexibility index (Phi) is 5.45. The summed E-state index contributed by atoms with van der Waals surface area (Å²) in [7, 11) is 2.07. The SMILES string of the molecule is CN1CCS/C1=N\c1ccc(CCNc2nc3ccc([N+](=O)[O-])cc3s2)cc1. The molecule has 0 unspecified atom stereocenters. The molecule has 144 valence electrons. The molecule has 2 aromatic carbocycles. The fourth-order valence-electron chi connectivity index (χ4n) is 2.86. The van der Waals surface area contributed by atoms with Crippen LogP contribution in [-0.4, -0.2) is 45.9 Å². The number of nitrogens with one attached hydrogen (secondary N) is 1. The summed E-state index contributed by atoms with van der Waals surface area (Å²) >= 11 is 3.22. The van der Waals surface area contributed by atoms with Crippen molar-refractivity contribution < 1.29 is 4.92 Å². The summed E-state index contributed by atoms with van der Waals surface area (Å²) in [6, 6.07) is 13.0. The van der Waals surface area contributed by atoms with Gasteiger partial charge in [0.2, 0.25) is 0 Å². The minimum absolute atomic E-state index is 0.0913. The number of thioether (sulfide) groups is 1. The van der Waals surface area contributed by atoms with E-state index in [1.807, 2.05) is 12.1 Å². The lowest BCUT2D eigenvalue weighted by Gasteiger charge is -2.09. The number of anilines is 1. The fourth-order valence-corrected chi connectivity index (χ4v) is 4.81. The lowest BCUT2D eigenvalue weighted by molar-refractivity contribution is -0.384. The summed E-state index contributed by atoms with van der Waals surface area (Å²) in [6.45, 7) is 1.79. The smallest absolute Gasteiger partial charge is 0.270 e. The zero-order valence-corrected chi connectivity index (χ0v) is 16.9. The number of hydrogen-bond donors (Lipinski definition) is 1. The number of aliphatic imine (C=N–C) groups is 1.